The summed E-state index contributed by atoms with van der Waals surface area (Å²) in [5.74, 6) is 0. The topological polar surface area (TPSA) is 54.4 Å². The molecule has 0 heterocycles. The summed E-state index contributed by atoms with van der Waals surface area (Å²) in [4.78, 5) is -0.0666. The van der Waals surface area contributed by atoms with Gasteiger partial charge in [0.25, 0.3) is 10.1 Å². The van der Waals surface area contributed by atoms with Crippen LogP contribution < -0.4 is 0 Å². The van der Waals surface area contributed by atoms with E-state index in [1.807, 2.05) is 6.92 Å². The highest BCUT2D eigenvalue weighted by Crippen LogP contribution is 2.24. The highest BCUT2D eigenvalue weighted by molar-refractivity contribution is 14.1. The van der Waals surface area contributed by atoms with Crippen LogP contribution in [0.4, 0.5) is 0 Å². The summed E-state index contributed by atoms with van der Waals surface area (Å²) in [6, 6.07) is 23.1. The van der Waals surface area contributed by atoms with E-state index < -0.39 is 10.1 Å². The molecule has 5 heteroatoms. The Morgan fingerprint density at radius 3 is 1.72 bits per heavy atom. The predicted octanol–water partition coefficient (Wildman–Crippen LogP) is 5.51. The van der Waals surface area contributed by atoms with E-state index in [2.05, 4.69) is 78.0 Å². The fourth-order valence-corrected chi connectivity index (χ4v) is 3.32. The summed E-state index contributed by atoms with van der Waals surface area (Å²) in [6.45, 7) is 3.95. The molecular formula is C20H19IO3S. The Morgan fingerprint density at radius 2 is 1.24 bits per heavy atom. The Bertz CT molecular complexity index is 931. The van der Waals surface area contributed by atoms with Crippen LogP contribution in [-0.2, 0) is 10.1 Å². The molecule has 0 spiro atoms. The third-order valence-electron chi connectivity index (χ3n) is 3.56. The van der Waals surface area contributed by atoms with Crippen LogP contribution in [0.3, 0.4) is 0 Å². The molecule has 0 aliphatic heterocycles. The first kappa shape index (κ1) is 19.6. The summed E-state index contributed by atoms with van der Waals surface area (Å²) in [5.41, 5.74) is 4.87. The first-order valence-electron chi connectivity index (χ1n) is 7.63. The van der Waals surface area contributed by atoms with Crippen molar-refractivity contribution < 1.29 is 13.0 Å². The Balaban J connectivity index is 0.000000186. The highest BCUT2D eigenvalue weighted by Gasteiger charge is 2.06. The van der Waals surface area contributed by atoms with Crippen molar-refractivity contribution >= 4 is 32.7 Å². The van der Waals surface area contributed by atoms with Gasteiger partial charge in [-0.05, 0) is 65.8 Å². The second-order valence-electron chi connectivity index (χ2n) is 5.63. The van der Waals surface area contributed by atoms with E-state index in [4.69, 9.17) is 4.55 Å². The normalized spacial score (nSPS) is 10.7. The number of halogens is 1. The van der Waals surface area contributed by atoms with Gasteiger partial charge in [-0.25, -0.2) is 0 Å². The number of rotatable bonds is 2. The van der Waals surface area contributed by atoms with Crippen molar-refractivity contribution in [2.75, 3.05) is 0 Å². The molecule has 0 aliphatic rings. The molecule has 1 N–H and O–H groups in total. The predicted molar refractivity (Wildman–Crippen MR) is 110 cm³/mol. The van der Waals surface area contributed by atoms with Gasteiger partial charge in [-0.2, -0.15) is 8.42 Å². The molecule has 0 bridgehead atoms. The van der Waals surface area contributed by atoms with Crippen molar-refractivity contribution in [1.29, 1.82) is 0 Å². The van der Waals surface area contributed by atoms with Crippen molar-refractivity contribution in [1.82, 2.24) is 0 Å². The van der Waals surface area contributed by atoms with Crippen molar-refractivity contribution in [3.8, 4) is 11.1 Å². The van der Waals surface area contributed by atoms with Crippen LogP contribution in [0.5, 0.6) is 0 Å². The zero-order valence-corrected chi connectivity index (χ0v) is 17.0. The van der Waals surface area contributed by atoms with Crippen LogP contribution in [0, 0.1) is 17.4 Å². The number of benzene rings is 3. The Kier molecular flexibility index (Phi) is 6.75. The van der Waals surface area contributed by atoms with E-state index >= 15 is 0 Å². The fourth-order valence-electron chi connectivity index (χ4n) is 2.14. The van der Waals surface area contributed by atoms with Crippen molar-refractivity contribution in [2.24, 2.45) is 0 Å². The van der Waals surface area contributed by atoms with Gasteiger partial charge in [-0.1, -0.05) is 65.7 Å². The first-order valence-corrected chi connectivity index (χ1v) is 10.1. The smallest absolute Gasteiger partial charge is 0.282 e. The van der Waals surface area contributed by atoms with Gasteiger partial charge in [0.15, 0.2) is 0 Å². The molecule has 0 atom stereocenters. The second-order valence-corrected chi connectivity index (χ2v) is 8.22. The Hall–Kier alpha value is -1.70. The molecule has 0 amide bonds. The average Bonchev–Trinajstić information content (AvgIpc) is 2.56. The molecule has 0 radical (unpaired) electrons. The van der Waals surface area contributed by atoms with Crippen molar-refractivity contribution in [3.05, 3.63) is 87.5 Å². The van der Waals surface area contributed by atoms with Crippen LogP contribution in [0.2, 0.25) is 0 Å². The minimum absolute atomic E-state index is 0.0666. The second kappa shape index (κ2) is 8.60. The maximum Gasteiger partial charge on any atom is 0.294 e. The van der Waals surface area contributed by atoms with Gasteiger partial charge >= 0.3 is 0 Å². The van der Waals surface area contributed by atoms with E-state index in [1.165, 1.54) is 32.4 Å². The molecule has 0 saturated heterocycles. The number of hydrogen-bond donors (Lipinski definition) is 1. The minimum Gasteiger partial charge on any atom is -0.282 e. The SMILES string of the molecule is Cc1ccc(-c2ccccc2I)cc1.Cc1ccc(S(=O)(=O)O)cc1. The van der Waals surface area contributed by atoms with E-state index in [-0.39, 0.29) is 4.90 Å². The van der Waals surface area contributed by atoms with E-state index in [1.54, 1.807) is 12.1 Å². The summed E-state index contributed by atoms with van der Waals surface area (Å²) < 4.78 is 30.9. The molecule has 0 saturated carbocycles. The lowest BCUT2D eigenvalue weighted by molar-refractivity contribution is 0.483. The molecule has 0 unspecified atom stereocenters. The van der Waals surface area contributed by atoms with Gasteiger partial charge < -0.3 is 0 Å². The molecular weight excluding hydrogens is 447 g/mol. The molecule has 0 aliphatic carbocycles. The largest absolute Gasteiger partial charge is 0.294 e. The van der Waals surface area contributed by atoms with Gasteiger partial charge in [0.2, 0.25) is 0 Å². The standard InChI is InChI=1S/C13H11I.C7H8O3S/c1-10-6-8-11(9-7-10)12-4-2-3-5-13(12)14;1-6-2-4-7(5-3-6)11(8,9)10/h2-9H,1H3;2-5H,1H3,(H,8,9,10). The van der Waals surface area contributed by atoms with Gasteiger partial charge in [0, 0.05) is 3.57 Å². The van der Waals surface area contributed by atoms with Crippen LogP contribution in [0.25, 0.3) is 11.1 Å². The van der Waals surface area contributed by atoms with Crippen LogP contribution in [0.15, 0.2) is 77.7 Å². The average molecular weight is 466 g/mol. The zero-order chi connectivity index (χ0) is 18.4. The maximum absolute atomic E-state index is 10.5. The van der Waals surface area contributed by atoms with Gasteiger partial charge in [0.05, 0.1) is 4.90 Å². The Morgan fingerprint density at radius 1 is 0.760 bits per heavy atom. The first-order chi connectivity index (χ1) is 11.8. The number of hydrogen-bond acceptors (Lipinski definition) is 2. The molecule has 3 nitrogen and oxygen atoms in total. The van der Waals surface area contributed by atoms with Gasteiger partial charge in [-0.3, -0.25) is 4.55 Å². The van der Waals surface area contributed by atoms with Crippen LogP contribution >= 0.6 is 22.6 Å². The zero-order valence-electron chi connectivity index (χ0n) is 14.0. The van der Waals surface area contributed by atoms with Crippen LogP contribution in [0.1, 0.15) is 11.1 Å². The summed E-state index contributed by atoms with van der Waals surface area (Å²) in [6.07, 6.45) is 0. The quantitative estimate of drug-likeness (QED) is 0.401. The molecule has 130 valence electrons. The Labute approximate surface area is 162 Å². The molecule has 0 fully saturated rings. The van der Waals surface area contributed by atoms with Gasteiger partial charge in [0.1, 0.15) is 0 Å². The third kappa shape index (κ3) is 5.95. The maximum atomic E-state index is 10.5. The highest BCUT2D eigenvalue weighted by atomic mass is 127. The van der Waals surface area contributed by atoms with Crippen molar-refractivity contribution in [3.63, 3.8) is 0 Å². The van der Waals surface area contributed by atoms with E-state index in [0.717, 1.165) is 5.56 Å². The molecule has 0 aromatic heterocycles. The molecule has 3 aromatic carbocycles. The van der Waals surface area contributed by atoms with Crippen molar-refractivity contribution in [2.45, 2.75) is 18.7 Å². The minimum atomic E-state index is -4.02. The monoisotopic (exact) mass is 466 g/mol. The van der Waals surface area contributed by atoms with Crippen LogP contribution in [-0.4, -0.2) is 13.0 Å². The fraction of sp³-hybridized carbons (Fsp3) is 0.100. The van der Waals surface area contributed by atoms with E-state index in [0.29, 0.717) is 0 Å². The summed E-state index contributed by atoms with van der Waals surface area (Å²) in [7, 11) is -4.02. The summed E-state index contributed by atoms with van der Waals surface area (Å²) in [5, 5.41) is 0. The molecule has 25 heavy (non-hydrogen) atoms. The van der Waals surface area contributed by atoms with E-state index in [9.17, 15) is 8.42 Å². The molecule has 3 rings (SSSR count). The lowest BCUT2D eigenvalue weighted by Gasteiger charge is -2.04. The lowest BCUT2D eigenvalue weighted by atomic mass is 10.0. The number of aryl methyl sites for hydroxylation is 2. The van der Waals surface area contributed by atoms with Gasteiger partial charge in [-0.15, -0.1) is 0 Å². The molecule has 3 aromatic rings. The summed E-state index contributed by atoms with van der Waals surface area (Å²) >= 11 is 2.37. The lowest BCUT2D eigenvalue weighted by Crippen LogP contribution is -1.96. The third-order valence-corrected chi connectivity index (χ3v) is 5.36.